The van der Waals surface area contributed by atoms with E-state index in [0.29, 0.717) is 0 Å². The molecule has 0 spiro atoms. The predicted molar refractivity (Wildman–Crippen MR) is 61.4 cm³/mol. The van der Waals surface area contributed by atoms with Crippen LogP contribution in [-0.4, -0.2) is 12.1 Å². The van der Waals surface area contributed by atoms with E-state index in [2.05, 4.69) is 19.2 Å². The number of rotatable bonds is 4. The third kappa shape index (κ3) is 2.50. The molecule has 1 N–H and O–H groups in total. The average molecular weight is 195 g/mol. The monoisotopic (exact) mass is 195 g/mol. The molecule has 82 valence electrons. The smallest absolute Gasteiger partial charge is 0.00954 e. The molecular weight excluding hydrogens is 170 g/mol. The molecule has 14 heavy (non-hydrogen) atoms. The Kier molecular flexibility index (Phi) is 3.48. The van der Waals surface area contributed by atoms with Gasteiger partial charge < -0.3 is 5.32 Å². The van der Waals surface area contributed by atoms with E-state index in [4.69, 9.17) is 0 Å². The Labute approximate surface area is 88.7 Å². The van der Waals surface area contributed by atoms with Gasteiger partial charge in [-0.05, 0) is 43.9 Å². The van der Waals surface area contributed by atoms with Gasteiger partial charge in [0, 0.05) is 12.1 Å². The van der Waals surface area contributed by atoms with Crippen molar-refractivity contribution in [3.05, 3.63) is 0 Å². The summed E-state index contributed by atoms with van der Waals surface area (Å²) < 4.78 is 0. The van der Waals surface area contributed by atoms with Gasteiger partial charge in [-0.25, -0.2) is 0 Å². The molecule has 0 aromatic rings. The Morgan fingerprint density at radius 1 is 1.14 bits per heavy atom. The van der Waals surface area contributed by atoms with Gasteiger partial charge in [0.25, 0.3) is 0 Å². The molecular formula is C13H25N. The molecule has 0 aromatic heterocycles. The Hall–Kier alpha value is -0.0400. The fourth-order valence-corrected chi connectivity index (χ4v) is 2.92. The van der Waals surface area contributed by atoms with E-state index in [1.807, 2.05) is 0 Å². The fourth-order valence-electron chi connectivity index (χ4n) is 2.92. The first-order valence-corrected chi connectivity index (χ1v) is 6.57. The molecule has 3 unspecified atom stereocenters. The van der Waals surface area contributed by atoms with Crippen molar-refractivity contribution >= 4 is 0 Å². The van der Waals surface area contributed by atoms with E-state index in [1.54, 1.807) is 0 Å². The van der Waals surface area contributed by atoms with Crippen LogP contribution in [0, 0.1) is 11.8 Å². The van der Waals surface area contributed by atoms with E-state index < -0.39 is 0 Å². The molecule has 2 rings (SSSR count). The summed E-state index contributed by atoms with van der Waals surface area (Å²) in [5, 5.41) is 3.92. The molecule has 1 heteroatoms. The molecule has 0 saturated heterocycles. The van der Waals surface area contributed by atoms with Gasteiger partial charge in [0.05, 0.1) is 0 Å². The highest BCUT2D eigenvalue weighted by Gasteiger charge is 2.32. The molecule has 0 radical (unpaired) electrons. The van der Waals surface area contributed by atoms with E-state index in [1.165, 1.54) is 44.9 Å². The molecule has 2 aliphatic carbocycles. The van der Waals surface area contributed by atoms with Crippen LogP contribution in [0.15, 0.2) is 0 Å². The molecule has 0 aliphatic heterocycles. The zero-order valence-corrected chi connectivity index (χ0v) is 9.76. The summed E-state index contributed by atoms with van der Waals surface area (Å²) in [6.07, 6.45) is 10.1. The first-order valence-electron chi connectivity index (χ1n) is 6.57. The summed E-state index contributed by atoms with van der Waals surface area (Å²) in [5.41, 5.74) is 0. The van der Waals surface area contributed by atoms with Gasteiger partial charge in [0.2, 0.25) is 0 Å². The van der Waals surface area contributed by atoms with Crippen molar-refractivity contribution in [2.75, 3.05) is 0 Å². The highest BCUT2D eigenvalue weighted by Crippen LogP contribution is 2.35. The summed E-state index contributed by atoms with van der Waals surface area (Å²) >= 11 is 0. The number of hydrogen-bond acceptors (Lipinski definition) is 1. The molecule has 1 nitrogen and oxygen atoms in total. The molecule has 2 aliphatic rings. The summed E-state index contributed by atoms with van der Waals surface area (Å²) in [5.74, 6) is 1.94. The largest absolute Gasteiger partial charge is 0.311 e. The zero-order valence-electron chi connectivity index (χ0n) is 9.76. The van der Waals surface area contributed by atoms with Crippen LogP contribution in [0.1, 0.15) is 58.8 Å². The average Bonchev–Trinajstić information content (AvgIpc) is 3.00. The number of hydrogen-bond donors (Lipinski definition) is 1. The van der Waals surface area contributed by atoms with Crippen LogP contribution in [0.3, 0.4) is 0 Å². The third-order valence-electron chi connectivity index (χ3n) is 4.17. The second kappa shape index (κ2) is 4.65. The molecule has 2 fully saturated rings. The maximum Gasteiger partial charge on any atom is 0.00954 e. The quantitative estimate of drug-likeness (QED) is 0.725. The van der Waals surface area contributed by atoms with Crippen molar-refractivity contribution in [1.82, 2.24) is 5.32 Å². The highest BCUT2D eigenvalue weighted by molar-refractivity contribution is 4.89. The van der Waals surface area contributed by atoms with Crippen LogP contribution in [0.4, 0.5) is 0 Å². The van der Waals surface area contributed by atoms with E-state index in [9.17, 15) is 0 Å². The third-order valence-corrected chi connectivity index (χ3v) is 4.17. The van der Waals surface area contributed by atoms with Gasteiger partial charge in [-0.15, -0.1) is 0 Å². The zero-order chi connectivity index (χ0) is 9.97. The van der Waals surface area contributed by atoms with Crippen molar-refractivity contribution in [3.63, 3.8) is 0 Å². The van der Waals surface area contributed by atoms with Gasteiger partial charge in [-0.3, -0.25) is 0 Å². The van der Waals surface area contributed by atoms with Crippen molar-refractivity contribution in [1.29, 1.82) is 0 Å². The topological polar surface area (TPSA) is 12.0 Å². The van der Waals surface area contributed by atoms with Crippen molar-refractivity contribution < 1.29 is 0 Å². The Bertz CT molecular complexity index is 174. The number of nitrogens with one attached hydrogen (secondary N) is 1. The van der Waals surface area contributed by atoms with Crippen LogP contribution >= 0.6 is 0 Å². The molecule has 3 atom stereocenters. The van der Waals surface area contributed by atoms with Crippen LogP contribution in [0.25, 0.3) is 0 Å². The van der Waals surface area contributed by atoms with Crippen LogP contribution in [0.5, 0.6) is 0 Å². The van der Waals surface area contributed by atoms with E-state index >= 15 is 0 Å². The van der Waals surface area contributed by atoms with Gasteiger partial charge in [-0.1, -0.05) is 26.7 Å². The Balaban J connectivity index is 1.81. The first kappa shape index (κ1) is 10.5. The fraction of sp³-hybridized carbons (Fsp3) is 1.00. The minimum absolute atomic E-state index is 0.828. The normalized spacial score (nSPS) is 35.6. The lowest BCUT2D eigenvalue weighted by molar-refractivity contribution is 0.246. The summed E-state index contributed by atoms with van der Waals surface area (Å²) in [4.78, 5) is 0. The summed E-state index contributed by atoms with van der Waals surface area (Å²) in [7, 11) is 0. The SMILES string of the molecule is CCC(NC1CCCCC1C)C1CC1. The maximum absolute atomic E-state index is 3.92. The second-order valence-electron chi connectivity index (χ2n) is 5.39. The lowest BCUT2D eigenvalue weighted by Crippen LogP contribution is -2.44. The lowest BCUT2D eigenvalue weighted by atomic mass is 9.85. The molecule has 0 heterocycles. The predicted octanol–water partition coefficient (Wildman–Crippen LogP) is 3.34. The Morgan fingerprint density at radius 3 is 2.43 bits per heavy atom. The molecule has 2 saturated carbocycles. The Morgan fingerprint density at radius 2 is 1.86 bits per heavy atom. The molecule has 0 amide bonds. The summed E-state index contributed by atoms with van der Waals surface area (Å²) in [6, 6.07) is 1.66. The van der Waals surface area contributed by atoms with E-state index in [0.717, 1.165) is 23.9 Å². The molecule has 0 bridgehead atoms. The minimum atomic E-state index is 0.828. The first-order chi connectivity index (χ1) is 6.81. The highest BCUT2D eigenvalue weighted by atomic mass is 15.0. The van der Waals surface area contributed by atoms with Gasteiger partial charge in [0.1, 0.15) is 0 Å². The van der Waals surface area contributed by atoms with Gasteiger partial charge in [0.15, 0.2) is 0 Å². The van der Waals surface area contributed by atoms with Crippen molar-refractivity contribution in [2.45, 2.75) is 70.9 Å². The van der Waals surface area contributed by atoms with Crippen molar-refractivity contribution in [3.8, 4) is 0 Å². The van der Waals surface area contributed by atoms with Crippen molar-refractivity contribution in [2.24, 2.45) is 11.8 Å². The van der Waals surface area contributed by atoms with Crippen LogP contribution < -0.4 is 5.32 Å². The molecule has 0 aromatic carbocycles. The van der Waals surface area contributed by atoms with Gasteiger partial charge >= 0.3 is 0 Å². The lowest BCUT2D eigenvalue weighted by Gasteiger charge is -2.33. The van der Waals surface area contributed by atoms with Crippen LogP contribution in [0.2, 0.25) is 0 Å². The second-order valence-corrected chi connectivity index (χ2v) is 5.39. The van der Waals surface area contributed by atoms with E-state index in [-0.39, 0.29) is 0 Å². The standard InChI is InChI=1S/C13H25N/c1-3-12(11-8-9-11)14-13-7-5-4-6-10(13)2/h10-14H,3-9H2,1-2H3. The maximum atomic E-state index is 3.92. The van der Waals surface area contributed by atoms with Crippen LogP contribution in [-0.2, 0) is 0 Å². The van der Waals surface area contributed by atoms with Gasteiger partial charge in [-0.2, -0.15) is 0 Å². The summed E-state index contributed by atoms with van der Waals surface area (Å²) in [6.45, 7) is 4.76. The minimum Gasteiger partial charge on any atom is -0.311 e.